The third kappa shape index (κ3) is 4.31. The van der Waals surface area contributed by atoms with E-state index < -0.39 is 0 Å². The van der Waals surface area contributed by atoms with Crippen LogP contribution < -0.4 is 10.5 Å². The quantitative estimate of drug-likeness (QED) is 0.501. The van der Waals surface area contributed by atoms with E-state index in [0.717, 1.165) is 37.3 Å². The molecule has 0 N–H and O–H groups in total. The number of carbonyl (C=O) groups is 1. The van der Waals surface area contributed by atoms with E-state index in [1.807, 2.05) is 19.9 Å². The number of pyridine rings is 1. The minimum absolute atomic E-state index is 0.0255. The van der Waals surface area contributed by atoms with Crippen molar-refractivity contribution in [1.82, 2.24) is 9.47 Å². The zero-order chi connectivity index (χ0) is 23.0. The van der Waals surface area contributed by atoms with Gasteiger partial charge in [0.15, 0.2) is 0 Å². The molecule has 31 heavy (non-hydrogen) atoms. The van der Waals surface area contributed by atoms with Gasteiger partial charge < -0.3 is 4.90 Å². The van der Waals surface area contributed by atoms with E-state index in [4.69, 9.17) is 12.2 Å². The number of anilines is 1. The number of carbonyl (C=O) groups excluding carboxylic acids is 1. The number of piperidine rings is 1. The van der Waals surface area contributed by atoms with Crippen LogP contribution in [-0.2, 0) is 11.8 Å². The van der Waals surface area contributed by atoms with Crippen molar-refractivity contribution >= 4 is 46.1 Å². The number of thiocarbonyl (C=S) groups is 1. The normalized spacial score (nSPS) is 24.1. The number of nitriles is 1. The minimum Gasteiger partial charge on any atom is -0.357 e. The van der Waals surface area contributed by atoms with Gasteiger partial charge in [0.2, 0.25) is 0 Å². The molecule has 3 heterocycles. The summed E-state index contributed by atoms with van der Waals surface area (Å²) in [4.78, 5) is 30.5. The second-order valence-corrected chi connectivity index (χ2v) is 10.5. The molecule has 1 aromatic rings. The Hall–Kier alpha value is -2.11. The predicted octanol–water partition coefficient (Wildman–Crippen LogP) is 4.05. The lowest BCUT2D eigenvalue weighted by atomic mass is 9.91. The molecule has 1 aromatic heterocycles. The Morgan fingerprint density at radius 1 is 1.29 bits per heavy atom. The molecule has 2 saturated heterocycles. The molecule has 1 amide bonds. The first-order chi connectivity index (χ1) is 14.6. The van der Waals surface area contributed by atoms with E-state index in [1.54, 1.807) is 23.4 Å². The Bertz CT molecular complexity index is 1040. The number of amides is 1. The monoisotopic (exact) mass is 458 g/mol. The highest BCUT2D eigenvalue weighted by molar-refractivity contribution is 8.26. The smallest absolute Gasteiger partial charge is 0.270 e. The number of hydrogen-bond donors (Lipinski definition) is 0. The van der Waals surface area contributed by atoms with Gasteiger partial charge in [-0.25, -0.2) is 0 Å². The second kappa shape index (κ2) is 9.17. The van der Waals surface area contributed by atoms with Crippen molar-refractivity contribution in [3.8, 4) is 6.07 Å². The lowest BCUT2D eigenvalue weighted by molar-refractivity contribution is -0.123. The first kappa shape index (κ1) is 23.6. The largest absolute Gasteiger partial charge is 0.357 e. The van der Waals surface area contributed by atoms with Gasteiger partial charge in [-0.2, -0.15) is 5.26 Å². The number of nitrogens with zero attached hydrogens (tertiary/aromatic N) is 4. The Morgan fingerprint density at radius 3 is 2.45 bits per heavy atom. The van der Waals surface area contributed by atoms with Crippen molar-refractivity contribution in [3.63, 3.8) is 0 Å². The summed E-state index contributed by atoms with van der Waals surface area (Å²) in [6.07, 6.45) is 3.78. The average Bonchev–Trinajstić information content (AvgIpc) is 2.98. The van der Waals surface area contributed by atoms with Crippen molar-refractivity contribution in [1.29, 1.82) is 5.26 Å². The van der Waals surface area contributed by atoms with Gasteiger partial charge in [-0.05, 0) is 50.2 Å². The Labute approximate surface area is 193 Å². The SMILES string of the molecule is CCC(C)N1C(=O)C(=Cc2c(C)c(C#N)c(=O)n(C)c2N2CC(C)CC(C)C2)SC1=S. The summed E-state index contributed by atoms with van der Waals surface area (Å²) < 4.78 is 2.12. The van der Waals surface area contributed by atoms with E-state index in [2.05, 4.69) is 24.8 Å². The molecule has 6 nitrogen and oxygen atoms in total. The van der Waals surface area contributed by atoms with E-state index in [0.29, 0.717) is 26.6 Å². The van der Waals surface area contributed by atoms with E-state index in [9.17, 15) is 14.9 Å². The molecule has 0 saturated carbocycles. The number of rotatable bonds is 4. The van der Waals surface area contributed by atoms with Crippen LogP contribution in [0.3, 0.4) is 0 Å². The molecule has 3 rings (SSSR count). The topological polar surface area (TPSA) is 69.3 Å². The van der Waals surface area contributed by atoms with Crippen LogP contribution in [-0.4, -0.2) is 38.8 Å². The Morgan fingerprint density at radius 2 is 1.90 bits per heavy atom. The molecule has 3 unspecified atom stereocenters. The molecule has 2 aliphatic rings. The summed E-state index contributed by atoms with van der Waals surface area (Å²) in [5.41, 5.74) is 1.18. The van der Waals surface area contributed by atoms with Crippen LogP contribution in [0.4, 0.5) is 5.82 Å². The van der Waals surface area contributed by atoms with Gasteiger partial charge in [-0.1, -0.05) is 44.8 Å². The zero-order valence-electron chi connectivity index (χ0n) is 19.1. The standard InChI is InChI=1S/C23H30N4O2S2/c1-7-15(4)27-22(29)19(31-23(27)30)9-17-16(5)18(10-24)21(28)25(6)20(17)26-11-13(2)8-14(3)12-26/h9,13-15H,7-8,11-12H2,1-6H3. The maximum atomic E-state index is 13.1. The molecule has 0 radical (unpaired) electrons. The molecule has 0 aliphatic carbocycles. The summed E-state index contributed by atoms with van der Waals surface area (Å²) in [6.45, 7) is 11.9. The van der Waals surface area contributed by atoms with Crippen molar-refractivity contribution < 1.29 is 4.79 Å². The lowest BCUT2D eigenvalue weighted by Crippen LogP contribution is -2.42. The van der Waals surface area contributed by atoms with Crippen molar-refractivity contribution in [2.45, 2.75) is 53.5 Å². The summed E-state index contributed by atoms with van der Waals surface area (Å²) >= 11 is 6.77. The lowest BCUT2D eigenvalue weighted by Gasteiger charge is -2.38. The number of hydrogen-bond acceptors (Lipinski definition) is 6. The summed E-state index contributed by atoms with van der Waals surface area (Å²) in [5.74, 6) is 1.65. The van der Waals surface area contributed by atoms with Gasteiger partial charge in [0.05, 0.1) is 4.91 Å². The van der Waals surface area contributed by atoms with Crippen molar-refractivity contribution in [2.24, 2.45) is 18.9 Å². The molecular weight excluding hydrogens is 428 g/mol. The van der Waals surface area contributed by atoms with E-state index in [-0.39, 0.29) is 23.1 Å². The Balaban J connectivity index is 2.20. The average molecular weight is 459 g/mol. The van der Waals surface area contributed by atoms with Crippen LogP contribution in [0, 0.1) is 30.1 Å². The van der Waals surface area contributed by atoms with Crippen LogP contribution in [0.5, 0.6) is 0 Å². The molecule has 166 valence electrons. The molecule has 0 bridgehead atoms. The maximum Gasteiger partial charge on any atom is 0.270 e. The van der Waals surface area contributed by atoms with Crippen molar-refractivity contribution in [2.75, 3.05) is 18.0 Å². The number of thioether (sulfide) groups is 1. The van der Waals surface area contributed by atoms with Crippen LogP contribution in [0.15, 0.2) is 9.70 Å². The molecule has 2 aliphatic heterocycles. The molecule has 8 heteroatoms. The highest BCUT2D eigenvalue weighted by atomic mass is 32.2. The number of aromatic nitrogens is 1. The van der Waals surface area contributed by atoms with Crippen molar-refractivity contribution in [3.05, 3.63) is 31.9 Å². The fourth-order valence-corrected chi connectivity index (χ4v) is 6.05. The molecule has 2 fully saturated rings. The summed E-state index contributed by atoms with van der Waals surface area (Å²) in [7, 11) is 1.71. The second-order valence-electron chi connectivity index (χ2n) is 8.87. The fraction of sp³-hybridized carbons (Fsp3) is 0.565. The summed E-state index contributed by atoms with van der Waals surface area (Å²) in [5, 5.41) is 9.64. The third-order valence-electron chi connectivity index (χ3n) is 6.27. The summed E-state index contributed by atoms with van der Waals surface area (Å²) in [6, 6.07) is 2.09. The van der Waals surface area contributed by atoms with Gasteiger partial charge in [-0.15, -0.1) is 0 Å². The van der Waals surface area contributed by atoms with E-state index >= 15 is 0 Å². The highest BCUT2D eigenvalue weighted by Gasteiger charge is 2.36. The van der Waals surface area contributed by atoms with Crippen LogP contribution in [0.2, 0.25) is 0 Å². The minimum atomic E-state index is -0.301. The van der Waals surface area contributed by atoms with Crippen LogP contribution >= 0.6 is 24.0 Å². The predicted molar refractivity (Wildman–Crippen MR) is 131 cm³/mol. The van der Waals surface area contributed by atoms with Gasteiger partial charge in [0.1, 0.15) is 21.8 Å². The molecular formula is C23H30N4O2S2. The maximum absolute atomic E-state index is 13.1. The van der Waals surface area contributed by atoms with Gasteiger partial charge in [-0.3, -0.25) is 19.1 Å². The zero-order valence-corrected chi connectivity index (χ0v) is 20.7. The first-order valence-corrected chi connectivity index (χ1v) is 12.0. The first-order valence-electron chi connectivity index (χ1n) is 10.8. The molecule has 3 atom stereocenters. The van der Waals surface area contributed by atoms with E-state index in [1.165, 1.54) is 11.8 Å². The van der Waals surface area contributed by atoms with Gasteiger partial charge >= 0.3 is 0 Å². The van der Waals surface area contributed by atoms with Gasteiger partial charge in [0.25, 0.3) is 11.5 Å². The van der Waals surface area contributed by atoms with Crippen LogP contribution in [0.25, 0.3) is 6.08 Å². The van der Waals surface area contributed by atoms with Gasteiger partial charge in [0, 0.05) is 31.7 Å². The fourth-order valence-electron chi connectivity index (χ4n) is 4.60. The van der Waals surface area contributed by atoms with Crippen LogP contribution in [0.1, 0.15) is 57.2 Å². The Kier molecular flexibility index (Phi) is 6.97. The molecule has 0 spiro atoms. The third-order valence-corrected chi connectivity index (χ3v) is 7.60. The highest BCUT2D eigenvalue weighted by Crippen LogP contribution is 2.38. The molecule has 0 aromatic carbocycles.